The number of nitrogens with zero attached hydrogens (tertiary/aromatic N) is 2. The molecule has 0 radical (unpaired) electrons. The third kappa shape index (κ3) is 4.01. The average Bonchev–Trinajstić information content (AvgIpc) is 3.35. The molecule has 0 aliphatic carbocycles. The number of likely N-dealkylation sites (tertiary alicyclic amines) is 1. The summed E-state index contributed by atoms with van der Waals surface area (Å²) in [5, 5.41) is 1.99. The number of aromatic nitrogens is 1. The van der Waals surface area contributed by atoms with Crippen molar-refractivity contribution < 1.29 is 23.4 Å². The molecular weight excluding hydrogens is 395 g/mol. The van der Waals surface area contributed by atoms with Gasteiger partial charge in [0.15, 0.2) is 0 Å². The lowest BCUT2D eigenvalue weighted by Gasteiger charge is -2.40. The van der Waals surface area contributed by atoms with E-state index in [9.17, 15) is 9.18 Å². The molecular formula is C21H25FN2O4S. The van der Waals surface area contributed by atoms with Crippen LogP contribution in [0, 0.1) is 6.92 Å². The molecule has 1 aromatic heterocycles. The van der Waals surface area contributed by atoms with E-state index in [1.54, 1.807) is 28.6 Å². The van der Waals surface area contributed by atoms with Crippen molar-refractivity contribution in [3.05, 3.63) is 45.9 Å². The highest BCUT2D eigenvalue weighted by atomic mass is 32.1. The summed E-state index contributed by atoms with van der Waals surface area (Å²) in [6.45, 7) is 5.97. The molecule has 0 bridgehead atoms. The number of ether oxygens (including phenoxy) is 3. The summed E-state index contributed by atoms with van der Waals surface area (Å²) in [6, 6.07) is 5.24. The van der Waals surface area contributed by atoms with E-state index in [4.69, 9.17) is 14.2 Å². The monoisotopic (exact) mass is 420 g/mol. The lowest BCUT2D eigenvalue weighted by Crippen LogP contribution is -2.53. The molecule has 8 heteroatoms. The summed E-state index contributed by atoms with van der Waals surface area (Å²) in [4.78, 5) is 19.3. The number of piperidine rings is 1. The number of thiazole rings is 1. The van der Waals surface area contributed by atoms with E-state index in [0.717, 1.165) is 11.3 Å². The number of fused-ring (bicyclic) bond motifs is 1. The van der Waals surface area contributed by atoms with Crippen molar-refractivity contribution in [3.63, 3.8) is 0 Å². The number of carbonyl (C=O) groups excluding carboxylic acids is 1. The van der Waals surface area contributed by atoms with Gasteiger partial charge in [-0.3, -0.25) is 4.79 Å². The topological polar surface area (TPSA) is 60.9 Å². The van der Waals surface area contributed by atoms with E-state index in [0.29, 0.717) is 30.8 Å². The van der Waals surface area contributed by atoms with E-state index in [-0.39, 0.29) is 25.4 Å². The normalized spacial score (nSPS) is 24.4. The number of hydrogen-bond acceptors (Lipinski definition) is 6. The van der Waals surface area contributed by atoms with Crippen molar-refractivity contribution in [2.45, 2.75) is 44.6 Å². The molecule has 1 amide bonds. The van der Waals surface area contributed by atoms with Gasteiger partial charge in [0, 0.05) is 23.9 Å². The molecule has 4 rings (SSSR count). The van der Waals surface area contributed by atoms with Crippen molar-refractivity contribution in [1.82, 2.24) is 9.88 Å². The lowest BCUT2D eigenvalue weighted by atomic mass is 9.86. The highest BCUT2D eigenvalue weighted by molar-refractivity contribution is 7.07. The third-order valence-electron chi connectivity index (χ3n) is 5.39. The molecule has 29 heavy (non-hydrogen) atoms. The average molecular weight is 421 g/mol. The first-order valence-electron chi connectivity index (χ1n) is 9.64. The van der Waals surface area contributed by atoms with Gasteiger partial charge in [-0.2, -0.15) is 0 Å². The minimum absolute atomic E-state index is 0.0367. The first-order chi connectivity index (χ1) is 13.8. The number of rotatable bonds is 5. The molecule has 0 spiro atoms. The maximum absolute atomic E-state index is 13.7. The van der Waals surface area contributed by atoms with Gasteiger partial charge in [-0.15, -0.1) is 11.3 Å². The van der Waals surface area contributed by atoms with Crippen LogP contribution in [0.2, 0.25) is 0 Å². The summed E-state index contributed by atoms with van der Waals surface area (Å²) in [5.41, 5.74) is 2.07. The maximum Gasteiger partial charge on any atom is 0.253 e. The third-order valence-corrected chi connectivity index (χ3v) is 5.98. The molecule has 2 atom stereocenters. The predicted octanol–water partition coefficient (Wildman–Crippen LogP) is 3.69. The van der Waals surface area contributed by atoms with Crippen LogP contribution in [0.5, 0.6) is 5.75 Å². The van der Waals surface area contributed by atoms with E-state index in [1.807, 2.05) is 12.3 Å². The van der Waals surface area contributed by atoms with Gasteiger partial charge in [-0.25, -0.2) is 9.37 Å². The molecule has 0 unspecified atom stereocenters. The molecule has 2 aliphatic rings. The second-order valence-corrected chi connectivity index (χ2v) is 8.89. The molecule has 3 heterocycles. The van der Waals surface area contributed by atoms with Crippen LogP contribution < -0.4 is 4.74 Å². The van der Waals surface area contributed by atoms with Gasteiger partial charge >= 0.3 is 0 Å². The predicted molar refractivity (Wildman–Crippen MR) is 107 cm³/mol. The van der Waals surface area contributed by atoms with Gasteiger partial charge in [-0.05, 0) is 44.5 Å². The molecule has 156 valence electrons. The van der Waals surface area contributed by atoms with Crippen molar-refractivity contribution in [3.8, 4) is 5.75 Å². The number of aryl methyl sites for hydroxylation is 1. The molecule has 0 N–H and O–H groups in total. The van der Waals surface area contributed by atoms with Gasteiger partial charge in [-0.1, -0.05) is 0 Å². The smallest absolute Gasteiger partial charge is 0.253 e. The summed E-state index contributed by atoms with van der Waals surface area (Å²) >= 11 is 1.53. The maximum atomic E-state index is 13.7. The molecule has 1 aromatic carbocycles. The zero-order valence-corrected chi connectivity index (χ0v) is 17.6. The molecule has 2 aliphatic heterocycles. The highest BCUT2D eigenvalue weighted by Crippen LogP contribution is 2.42. The largest absolute Gasteiger partial charge is 0.490 e. The van der Waals surface area contributed by atoms with Crippen molar-refractivity contribution in [2.24, 2.45) is 0 Å². The molecule has 2 fully saturated rings. The van der Waals surface area contributed by atoms with Gasteiger partial charge in [0.1, 0.15) is 36.5 Å². The lowest BCUT2D eigenvalue weighted by molar-refractivity contribution is -0.0466. The van der Waals surface area contributed by atoms with E-state index < -0.39 is 11.3 Å². The second-order valence-electron chi connectivity index (χ2n) is 8.17. The summed E-state index contributed by atoms with van der Waals surface area (Å²) < 4.78 is 31.0. The zero-order valence-electron chi connectivity index (χ0n) is 16.8. The number of hydrogen-bond donors (Lipinski definition) is 0. The highest BCUT2D eigenvalue weighted by Gasteiger charge is 2.52. The molecule has 0 saturated carbocycles. The van der Waals surface area contributed by atoms with Crippen LogP contribution in [0.4, 0.5) is 4.39 Å². The van der Waals surface area contributed by atoms with E-state index >= 15 is 0 Å². The van der Waals surface area contributed by atoms with Crippen LogP contribution in [-0.4, -0.2) is 54.1 Å². The minimum atomic E-state index is -1.41. The first-order valence-corrected chi connectivity index (χ1v) is 10.6. The van der Waals surface area contributed by atoms with Crippen LogP contribution in [-0.2, 0) is 15.1 Å². The van der Waals surface area contributed by atoms with Crippen molar-refractivity contribution in [1.29, 1.82) is 0 Å². The van der Waals surface area contributed by atoms with Gasteiger partial charge < -0.3 is 19.1 Å². The first kappa shape index (κ1) is 20.3. The van der Waals surface area contributed by atoms with Crippen molar-refractivity contribution >= 4 is 17.2 Å². The number of carbonyl (C=O) groups is 1. The summed E-state index contributed by atoms with van der Waals surface area (Å²) in [6.07, 6.45) is 0.400. The van der Waals surface area contributed by atoms with Crippen LogP contribution >= 0.6 is 11.3 Å². The Balaban J connectivity index is 1.46. The Kier molecular flexibility index (Phi) is 5.35. The van der Waals surface area contributed by atoms with Gasteiger partial charge in [0.05, 0.1) is 17.7 Å². The number of benzene rings is 1. The Morgan fingerprint density at radius 3 is 3.00 bits per heavy atom. The standard InChI is InChI=1S/C21H25FN2O4S/c1-14-8-15(4-5-16(14)26-11-20(2,3)22)19(25)24-7-6-21(17-10-29-12-23-17)18(9-24)27-13-28-21/h4-5,8,10,12,18H,6-7,9,11,13H2,1-3H3/t18-,21-/m1/s1. The van der Waals surface area contributed by atoms with Crippen LogP contribution in [0.15, 0.2) is 29.1 Å². The Morgan fingerprint density at radius 2 is 2.31 bits per heavy atom. The molecule has 6 nitrogen and oxygen atoms in total. The number of halogens is 1. The van der Waals surface area contributed by atoms with Crippen LogP contribution in [0.3, 0.4) is 0 Å². The zero-order chi connectivity index (χ0) is 20.6. The molecule has 2 aromatic rings. The number of amides is 1. The fourth-order valence-corrected chi connectivity index (χ4v) is 4.45. The quantitative estimate of drug-likeness (QED) is 0.738. The fraction of sp³-hybridized carbons (Fsp3) is 0.524. The summed E-state index contributed by atoms with van der Waals surface area (Å²) in [7, 11) is 0. The Hall–Kier alpha value is -2.03. The molecule has 2 saturated heterocycles. The SMILES string of the molecule is Cc1cc(C(=O)N2CC[C@]3(c4cscn4)OCO[C@@H]3C2)ccc1OCC(C)(C)F. The van der Waals surface area contributed by atoms with E-state index in [1.165, 1.54) is 25.2 Å². The Morgan fingerprint density at radius 1 is 1.48 bits per heavy atom. The summed E-state index contributed by atoms with van der Waals surface area (Å²) in [5.74, 6) is 0.522. The van der Waals surface area contributed by atoms with Crippen molar-refractivity contribution in [2.75, 3.05) is 26.5 Å². The van der Waals surface area contributed by atoms with Gasteiger partial charge in [0.25, 0.3) is 5.91 Å². The van der Waals surface area contributed by atoms with E-state index in [2.05, 4.69) is 4.98 Å². The second kappa shape index (κ2) is 7.66. The Bertz CT molecular complexity index is 883. The van der Waals surface area contributed by atoms with Gasteiger partial charge in [0.2, 0.25) is 0 Å². The fourth-order valence-electron chi connectivity index (χ4n) is 3.82. The number of alkyl halides is 1. The van der Waals surface area contributed by atoms with Crippen LogP contribution in [0.1, 0.15) is 41.9 Å². The Labute approximate surface area is 173 Å². The van der Waals surface area contributed by atoms with Crippen LogP contribution in [0.25, 0.3) is 0 Å². The minimum Gasteiger partial charge on any atom is -0.490 e.